The molecule has 0 rings (SSSR count). The highest BCUT2D eigenvalue weighted by Crippen LogP contribution is 2.40. The molecule has 1 atom stereocenters. The summed E-state index contributed by atoms with van der Waals surface area (Å²) < 4.78 is 74.4. The SMILES string of the molecule is CCN(C(=O)C(C(F)(F)F)C(F)(F)F)C(C)CC(=O)O. The summed E-state index contributed by atoms with van der Waals surface area (Å²) in [5.74, 6) is -7.77. The molecule has 0 saturated heterocycles. The van der Waals surface area contributed by atoms with E-state index in [0.717, 1.165) is 6.92 Å². The van der Waals surface area contributed by atoms with E-state index in [0.29, 0.717) is 0 Å². The smallest absolute Gasteiger partial charge is 0.409 e. The molecule has 118 valence electrons. The average molecular weight is 309 g/mol. The van der Waals surface area contributed by atoms with Gasteiger partial charge in [0.2, 0.25) is 11.8 Å². The van der Waals surface area contributed by atoms with Crippen LogP contribution in [0.15, 0.2) is 0 Å². The molecular weight excluding hydrogens is 296 g/mol. The lowest BCUT2D eigenvalue weighted by Crippen LogP contribution is -2.52. The zero-order valence-corrected chi connectivity index (χ0v) is 10.5. The molecule has 0 aliphatic carbocycles. The van der Waals surface area contributed by atoms with Gasteiger partial charge >= 0.3 is 18.3 Å². The molecule has 0 heterocycles. The van der Waals surface area contributed by atoms with Crippen LogP contribution in [0.4, 0.5) is 26.3 Å². The van der Waals surface area contributed by atoms with Crippen molar-refractivity contribution in [1.82, 2.24) is 4.90 Å². The highest BCUT2D eigenvalue weighted by atomic mass is 19.4. The summed E-state index contributed by atoms with van der Waals surface area (Å²) in [6, 6.07) is -1.28. The van der Waals surface area contributed by atoms with E-state index < -0.39 is 49.2 Å². The van der Waals surface area contributed by atoms with Gasteiger partial charge in [-0.2, -0.15) is 26.3 Å². The fraction of sp³-hybridized carbons (Fsp3) is 0.800. The molecule has 0 aliphatic rings. The first-order valence-electron chi connectivity index (χ1n) is 5.48. The highest BCUT2D eigenvalue weighted by molar-refractivity contribution is 5.81. The predicted octanol–water partition coefficient (Wildman–Crippen LogP) is 2.44. The first-order valence-corrected chi connectivity index (χ1v) is 5.48. The van der Waals surface area contributed by atoms with Gasteiger partial charge in [-0.25, -0.2) is 0 Å². The van der Waals surface area contributed by atoms with Crippen LogP contribution in [0, 0.1) is 5.92 Å². The van der Waals surface area contributed by atoms with Crippen LogP contribution in [0.5, 0.6) is 0 Å². The molecule has 1 amide bonds. The zero-order valence-electron chi connectivity index (χ0n) is 10.5. The van der Waals surface area contributed by atoms with Gasteiger partial charge in [-0.15, -0.1) is 0 Å². The van der Waals surface area contributed by atoms with Gasteiger partial charge in [0, 0.05) is 12.6 Å². The molecule has 0 aromatic rings. The van der Waals surface area contributed by atoms with Crippen LogP contribution in [0.25, 0.3) is 0 Å². The Morgan fingerprint density at radius 3 is 1.75 bits per heavy atom. The summed E-state index contributed by atoms with van der Waals surface area (Å²) in [7, 11) is 0. The Balaban J connectivity index is 5.37. The number of carbonyl (C=O) groups is 2. The quantitative estimate of drug-likeness (QED) is 0.794. The van der Waals surface area contributed by atoms with Crippen molar-refractivity contribution in [2.24, 2.45) is 5.92 Å². The number of carboxylic acids is 1. The normalized spacial score (nSPS) is 14.2. The van der Waals surface area contributed by atoms with E-state index in [2.05, 4.69) is 0 Å². The molecule has 0 radical (unpaired) electrons. The van der Waals surface area contributed by atoms with Crippen molar-refractivity contribution in [2.45, 2.75) is 38.7 Å². The van der Waals surface area contributed by atoms with Crippen molar-refractivity contribution in [3.63, 3.8) is 0 Å². The maximum Gasteiger partial charge on any atom is 0.409 e. The Labute approximate surface area is 110 Å². The first-order chi connectivity index (χ1) is 8.82. The number of halogens is 6. The van der Waals surface area contributed by atoms with Crippen LogP contribution < -0.4 is 0 Å². The van der Waals surface area contributed by atoms with Gasteiger partial charge in [0.25, 0.3) is 0 Å². The predicted molar refractivity (Wildman–Crippen MR) is 54.7 cm³/mol. The number of carboxylic acid groups (broad SMARTS) is 1. The molecule has 0 fully saturated rings. The molecular formula is C10H13F6NO3. The van der Waals surface area contributed by atoms with Gasteiger partial charge in [-0.05, 0) is 13.8 Å². The monoisotopic (exact) mass is 309 g/mol. The topological polar surface area (TPSA) is 57.6 Å². The van der Waals surface area contributed by atoms with E-state index >= 15 is 0 Å². The zero-order chi connectivity index (χ0) is 16.3. The van der Waals surface area contributed by atoms with Gasteiger partial charge in [0.05, 0.1) is 6.42 Å². The van der Waals surface area contributed by atoms with Crippen molar-refractivity contribution in [3.8, 4) is 0 Å². The standard InChI is InChI=1S/C10H13F6NO3/c1-3-17(5(2)4-6(18)19)8(20)7(9(11,12)13)10(14,15)16/h5,7H,3-4H2,1-2H3,(H,18,19). The first kappa shape index (κ1) is 18.5. The molecule has 20 heavy (non-hydrogen) atoms. The molecule has 0 aliphatic heterocycles. The number of amides is 1. The minimum atomic E-state index is -5.79. The van der Waals surface area contributed by atoms with Gasteiger partial charge in [0.1, 0.15) is 0 Å². The Kier molecular flexibility index (Phi) is 5.85. The fourth-order valence-corrected chi connectivity index (χ4v) is 1.68. The fourth-order valence-electron chi connectivity index (χ4n) is 1.68. The molecule has 4 nitrogen and oxygen atoms in total. The summed E-state index contributed by atoms with van der Waals surface area (Å²) in [6.07, 6.45) is -12.3. The molecule has 0 spiro atoms. The number of alkyl halides is 6. The number of rotatable bonds is 5. The van der Waals surface area contributed by atoms with Crippen LogP contribution in [-0.4, -0.2) is 46.8 Å². The van der Waals surface area contributed by atoms with Crippen molar-refractivity contribution in [3.05, 3.63) is 0 Å². The second kappa shape index (κ2) is 6.31. The summed E-state index contributed by atoms with van der Waals surface area (Å²) in [6.45, 7) is 1.77. The maximum absolute atomic E-state index is 12.4. The maximum atomic E-state index is 12.4. The van der Waals surface area contributed by atoms with E-state index in [1.54, 1.807) is 0 Å². The lowest BCUT2D eigenvalue weighted by molar-refractivity contribution is -0.278. The second-order valence-corrected chi connectivity index (χ2v) is 4.09. The van der Waals surface area contributed by atoms with Crippen molar-refractivity contribution in [2.75, 3.05) is 6.54 Å². The van der Waals surface area contributed by atoms with E-state index in [1.807, 2.05) is 0 Å². The molecule has 1 unspecified atom stereocenters. The number of carbonyl (C=O) groups excluding carboxylic acids is 1. The number of aliphatic carboxylic acids is 1. The largest absolute Gasteiger partial charge is 0.481 e. The molecule has 0 aromatic heterocycles. The third kappa shape index (κ3) is 4.89. The summed E-state index contributed by atoms with van der Waals surface area (Å²) >= 11 is 0. The average Bonchev–Trinajstić information content (AvgIpc) is 2.11. The molecule has 0 bridgehead atoms. The minimum absolute atomic E-state index is 0.264. The Bertz CT molecular complexity index is 351. The van der Waals surface area contributed by atoms with E-state index in [4.69, 9.17) is 5.11 Å². The third-order valence-electron chi connectivity index (χ3n) is 2.53. The summed E-state index contributed by atoms with van der Waals surface area (Å²) in [5, 5.41) is 8.49. The third-order valence-corrected chi connectivity index (χ3v) is 2.53. The Hall–Kier alpha value is -1.48. The Morgan fingerprint density at radius 2 is 1.50 bits per heavy atom. The van der Waals surface area contributed by atoms with Crippen LogP contribution in [0.3, 0.4) is 0 Å². The second-order valence-electron chi connectivity index (χ2n) is 4.09. The van der Waals surface area contributed by atoms with Gasteiger partial charge in [0.15, 0.2) is 0 Å². The van der Waals surface area contributed by atoms with Gasteiger partial charge in [-0.3, -0.25) is 9.59 Å². The van der Waals surface area contributed by atoms with Gasteiger partial charge < -0.3 is 10.0 Å². The van der Waals surface area contributed by atoms with Crippen LogP contribution in [0.2, 0.25) is 0 Å². The van der Waals surface area contributed by atoms with Crippen molar-refractivity contribution < 1.29 is 41.0 Å². The molecule has 1 N–H and O–H groups in total. The molecule has 0 saturated carbocycles. The number of hydrogen-bond donors (Lipinski definition) is 1. The van der Waals surface area contributed by atoms with Crippen molar-refractivity contribution in [1.29, 1.82) is 0 Å². The van der Waals surface area contributed by atoms with Crippen LogP contribution in [0.1, 0.15) is 20.3 Å². The van der Waals surface area contributed by atoms with Gasteiger partial charge in [-0.1, -0.05) is 0 Å². The minimum Gasteiger partial charge on any atom is -0.481 e. The van der Waals surface area contributed by atoms with Crippen molar-refractivity contribution >= 4 is 11.9 Å². The summed E-state index contributed by atoms with van der Waals surface area (Å²) in [4.78, 5) is 22.2. The van der Waals surface area contributed by atoms with Crippen LogP contribution >= 0.6 is 0 Å². The summed E-state index contributed by atoms with van der Waals surface area (Å²) in [5.41, 5.74) is 0. The van der Waals surface area contributed by atoms with Crippen LogP contribution in [-0.2, 0) is 9.59 Å². The lowest BCUT2D eigenvalue weighted by Gasteiger charge is -2.32. The van der Waals surface area contributed by atoms with E-state index in [1.165, 1.54) is 6.92 Å². The lowest BCUT2D eigenvalue weighted by atomic mass is 10.0. The molecule has 0 aromatic carbocycles. The van der Waals surface area contributed by atoms with E-state index in [-0.39, 0.29) is 4.90 Å². The molecule has 10 heteroatoms. The Morgan fingerprint density at radius 1 is 1.10 bits per heavy atom. The number of nitrogens with zero attached hydrogens (tertiary/aromatic N) is 1. The van der Waals surface area contributed by atoms with E-state index in [9.17, 15) is 35.9 Å². The number of hydrogen-bond acceptors (Lipinski definition) is 2. The highest BCUT2D eigenvalue weighted by Gasteiger charge is 2.62.